The summed E-state index contributed by atoms with van der Waals surface area (Å²) in [6.07, 6.45) is 0. The van der Waals surface area contributed by atoms with Crippen LogP contribution in [0.4, 0.5) is 5.69 Å². The molecule has 0 bridgehead atoms. The third kappa shape index (κ3) is 4.36. The highest BCUT2D eigenvalue weighted by Crippen LogP contribution is 2.27. The van der Waals surface area contributed by atoms with Gasteiger partial charge in [0.2, 0.25) is 0 Å². The van der Waals surface area contributed by atoms with E-state index in [9.17, 15) is 18.5 Å². The van der Waals surface area contributed by atoms with Crippen LogP contribution >= 0.6 is 0 Å². The van der Waals surface area contributed by atoms with Crippen molar-refractivity contribution in [2.24, 2.45) is 0 Å². The Balaban J connectivity index is 2.44. The molecule has 6 nitrogen and oxygen atoms in total. The summed E-state index contributed by atoms with van der Waals surface area (Å²) in [6.45, 7) is 5.44. The van der Waals surface area contributed by atoms with Crippen molar-refractivity contribution in [3.63, 3.8) is 0 Å². The maximum atomic E-state index is 13.0. The lowest BCUT2D eigenvalue weighted by Crippen LogP contribution is -2.33. The SMILES string of the molecule is C=C(CN(CC#CC)S(=O)(=O)c1ccccc1[N+](=O)[O-])c1ccccc1. The minimum Gasteiger partial charge on any atom is -0.258 e. The number of nitro groups is 1. The molecule has 0 aliphatic rings. The normalized spacial score (nSPS) is 10.8. The van der Waals surface area contributed by atoms with E-state index in [0.29, 0.717) is 5.57 Å². The molecular formula is C19H18N2O4S. The van der Waals surface area contributed by atoms with Gasteiger partial charge in [0.05, 0.1) is 11.5 Å². The van der Waals surface area contributed by atoms with Gasteiger partial charge in [0, 0.05) is 12.6 Å². The fraction of sp³-hybridized carbons (Fsp3) is 0.158. The van der Waals surface area contributed by atoms with Crippen LogP contribution in [0.2, 0.25) is 0 Å². The molecule has 0 unspecified atom stereocenters. The smallest absolute Gasteiger partial charge is 0.258 e. The quantitative estimate of drug-likeness (QED) is 0.425. The van der Waals surface area contributed by atoms with E-state index in [1.54, 1.807) is 6.92 Å². The highest BCUT2D eigenvalue weighted by molar-refractivity contribution is 7.89. The van der Waals surface area contributed by atoms with Gasteiger partial charge in [-0.3, -0.25) is 10.1 Å². The van der Waals surface area contributed by atoms with Gasteiger partial charge >= 0.3 is 0 Å². The molecular weight excluding hydrogens is 352 g/mol. The molecule has 2 aromatic carbocycles. The average molecular weight is 370 g/mol. The first-order valence-corrected chi connectivity index (χ1v) is 9.18. The molecule has 26 heavy (non-hydrogen) atoms. The number of hydrogen-bond acceptors (Lipinski definition) is 4. The van der Waals surface area contributed by atoms with Gasteiger partial charge in [-0.25, -0.2) is 8.42 Å². The molecule has 0 aliphatic heterocycles. The van der Waals surface area contributed by atoms with E-state index in [4.69, 9.17) is 0 Å². The van der Waals surface area contributed by atoms with Crippen LogP contribution in [-0.2, 0) is 10.0 Å². The highest BCUT2D eigenvalue weighted by Gasteiger charge is 2.31. The number of nitro benzene ring substituents is 1. The summed E-state index contributed by atoms with van der Waals surface area (Å²) in [5.74, 6) is 5.37. The molecule has 0 N–H and O–H groups in total. The number of benzene rings is 2. The molecule has 134 valence electrons. The van der Waals surface area contributed by atoms with Crippen molar-refractivity contribution < 1.29 is 13.3 Å². The van der Waals surface area contributed by atoms with Crippen LogP contribution in [0.15, 0.2) is 66.1 Å². The van der Waals surface area contributed by atoms with Crippen LogP contribution in [0.25, 0.3) is 5.57 Å². The molecule has 0 saturated carbocycles. The zero-order chi connectivity index (χ0) is 19.2. The zero-order valence-electron chi connectivity index (χ0n) is 14.3. The monoisotopic (exact) mass is 370 g/mol. The number of hydrogen-bond donors (Lipinski definition) is 0. The lowest BCUT2D eigenvalue weighted by Gasteiger charge is -2.21. The Labute approximate surface area is 153 Å². The van der Waals surface area contributed by atoms with Crippen LogP contribution in [-0.4, -0.2) is 30.7 Å². The van der Waals surface area contributed by atoms with Crippen LogP contribution in [0.1, 0.15) is 12.5 Å². The summed E-state index contributed by atoms with van der Waals surface area (Å²) in [4.78, 5) is 10.2. The molecule has 2 rings (SSSR count). The minimum absolute atomic E-state index is 0.0208. The molecule has 0 saturated heterocycles. The number of para-hydroxylation sites is 1. The summed E-state index contributed by atoms with van der Waals surface area (Å²) >= 11 is 0. The van der Waals surface area contributed by atoms with Crippen LogP contribution in [0, 0.1) is 22.0 Å². The molecule has 0 heterocycles. The van der Waals surface area contributed by atoms with Gasteiger partial charge in [-0.05, 0) is 24.1 Å². The summed E-state index contributed by atoms with van der Waals surface area (Å²) in [5, 5.41) is 11.2. The Morgan fingerprint density at radius 2 is 1.77 bits per heavy atom. The summed E-state index contributed by atoms with van der Waals surface area (Å²) in [5.41, 5.74) is 0.901. The van der Waals surface area contributed by atoms with Gasteiger partial charge < -0.3 is 0 Å². The summed E-state index contributed by atoms with van der Waals surface area (Å²) < 4.78 is 27.2. The second kappa shape index (κ2) is 8.43. The first-order chi connectivity index (χ1) is 12.4. The summed E-state index contributed by atoms with van der Waals surface area (Å²) in [6, 6.07) is 14.4. The lowest BCUT2D eigenvalue weighted by molar-refractivity contribution is -0.387. The average Bonchev–Trinajstić information content (AvgIpc) is 2.65. The lowest BCUT2D eigenvalue weighted by atomic mass is 10.1. The molecule has 0 amide bonds. The highest BCUT2D eigenvalue weighted by atomic mass is 32.2. The second-order valence-electron chi connectivity index (χ2n) is 5.39. The van der Waals surface area contributed by atoms with E-state index >= 15 is 0 Å². The molecule has 0 aromatic heterocycles. The third-order valence-electron chi connectivity index (χ3n) is 3.66. The number of rotatable bonds is 7. The molecule has 7 heteroatoms. The maximum Gasteiger partial charge on any atom is 0.289 e. The van der Waals surface area contributed by atoms with E-state index in [0.717, 1.165) is 9.87 Å². The Hall–Kier alpha value is -2.95. The number of nitrogens with zero attached hydrogens (tertiary/aromatic N) is 2. The predicted molar refractivity (Wildman–Crippen MR) is 101 cm³/mol. The largest absolute Gasteiger partial charge is 0.289 e. The molecule has 0 fully saturated rings. The van der Waals surface area contributed by atoms with Crippen molar-refractivity contribution in [2.45, 2.75) is 11.8 Å². The number of sulfonamides is 1. The zero-order valence-corrected chi connectivity index (χ0v) is 15.1. The van der Waals surface area contributed by atoms with Crippen molar-refractivity contribution in [3.8, 4) is 11.8 Å². The first kappa shape index (κ1) is 19.4. The van der Waals surface area contributed by atoms with Gasteiger partial charge in [0.15, 0.2) is 4.90 Å². The fourth-order valence-electron chi connectivity index (χ4n) is 2.34. The molecule has 2 aromatic rings. The standard InChI is InChI=1S/C19H18N2O4S/c1-3-4-14-20(15-16(2)17-10-6-5-7-11-17)26(24,25)19-13-9-8-12-18(19)21(22)23/h5-13H,2,14-15H2,1H3. The fourth-order valence-corrected chi connectivity index (χ4v) is 3.83. The minimum atomic E-state index is -4.12. The van der Waals surface area contributed by atoms with Crippen LogP contribution in [0.5, 0.6) is 0 Å². The van der Waals surface area contributed by atoms with E-state index in [2.05, 4.69) is 18.4 Å². The Morgan fingerprint density at radius 1 is 1.15 bits per heavy atom. The van der Waals surface area contributed by atoms with Gasteiger partial charge in [-0.1, -0.05) is 55.0 Å². The van der Waals surface area contributed by atoms with E-state index < -0.39 is 20.6 Å². The van der Waals surface area contributed by atoms with Crippen molar-refractivity contribution in [1.29, 1.82) is 0 Å². The van der Waals surface area contributed by atoms with Gasteiger partial charge in [0.1, 0.15) is 0 Å². The van der Waals surface area contributed by atoms with Crippen molar-refractivity contribution >= 4 is 21.3 Å². The Bertz CT molecular complexity index is 973. The Morgan fingerprint density at radius 3 is 2.38 bits per heavy atom. The summed E-state index contributed by atoms with van der Waals surface area (Å²) in [7, 11) is -4.12. The van der Waals surface area contributed by atoms with E-state index in [1.807, 2.05) is 30.3 Å². The van der Waals surface area contributed by atoms with E-state index in [1.165, 1.54) is 24.3 Å². The van der Waals surface area contributed by atoms with Crippen LogP contribution in [0.3, 0.4) is 0 Å². The van der Waals surface area contributed by atoms with Crippen molar-refractivity contribution in [3.05, 3.63) is 76.9 Å². The molecule has 0 atom stereocenters. The van der Waals surface area contributed by atoms with Crippen molar-refractivity contribution in [2.75, 3.05) is 13.1 Å². The third-order valence-corrected chi connectivity index (χ3v) is 5.50. The molecule has 0 radical (unpaired) electrons. The maximum absolute atomic E-state index is 13.0. The molecule has 0 spiro atoms. The van der Waals surface area contributed by atoms with Crippen LogP contribution < -0.4 is 0 Å². The van der Waals surface area contributed by atoms with E-state index in [-0.39, 0.29) is 18.0 Å². The van der Waals surface area contributed by atoms with Gasteiger partial charge in [-0.15, -0.1) is 5.92 Å². The Kier molecular flexibility index (Phi) is 6.28. The predicted octanol–water partition coefficient (Wildman–Crippen LogP) is 3.32. The topological polar surface area (TPSA) is 80.5 Å². The van der Waals surface area contributed by atoms with Gasteiger partial charge in [0.25, 0.3) is 15.7 Å². The van der Waals surface area contributed by atoms with Crippen molar-refractivity contribution in [1.82, 2.24) is 4.31 Å². The second-order valence-corrected chi connectivity index (χ2v) is 7.30. The molecule has 0 aliphatic carbocycles. The van der Waals surface area contributed by atoms with Gasteiger partial charge in [-0.2, -0.15) is 4.31 Å². The first-order valence-electron chi connectivity index (χ1n) is 7.74.